The minimum Gasteiger partial charge on any atom is -0.341 e. The second-order valence-electron chi connectivity index (χ2n) is 4.05. The van der Waals surface area contributed by atoms with Gasteiger partial charge in [-0.25, -0.2) is 19.3 Å². The van der Waals surface area contributed by atoms with Crippen molar-refractivity contribution >= 4 is 28.7 Å². The summed E-state index contributed by atoms with van der Waals surface area (Å²) in [6, 6.07) is 4.43. The van der Waals surface area contributed by atoms with Crippen molar-refractivity contribution in [3.8, 4) is 0 Å². The average Bonchev–Trinajstić information content (AvgIpc) is 2.90. The molecular weight excluding hydrogens is 279 g/mol. The van der Waals surface area contributed by atoms with E-state index in [4.69, 9.17) is 0 Å². The fraction of sp³-hybridized carbons (Fsp3) is 0.0769. The van der Waals surface area contributed by atoms with Crippen molar-refractivity contribution in [3.05, 3.63) is 42.2 Å². The minimum atomic E-state index is -0.450. The molecule has 100 valence electrons. The fourth-order valence-corrected chi connectivity index (χ4v) is 2.84. The maximum atomic E-state index is 14.0. The van der Waals surface area contributed by atoms with E-state index in [1.165, 1.54) is 31.7 Å². The summed E-state index contributed by atoms with van der Waals surface area (Å²) < 4.78 is 14.0. The molecule has 5 nitrogen and oxygen atoms in total. The van der Waals surface area contributed by atoms with E-state index in [1.807, 2.05) is 0 Å². The molecule has 1 N–H and O–H groups in total. The first kappa shape index (κ1) is 12.7. The van der Waals surface area contributed by atoms with Gasteiger partial charge in [0.15, 0.2) is 11.4 Å². The van der Waals surface area contributed by atoms with Crippen molar-refractivity contribution in [2.24, 2.45) is 0 Å². The highest BCUT2D eigenvalue weighted by atomic mass is 32.2. The van der Waals surface area contributed by atoms with E-state index >= 15 is 0 Å². The van der Waals surface area contributed by atoms with E-state index in [2.05, 4.69) is 19.9 Å². The lowest BCUT2D eigenvalue weighted by Crippen LogP contribution is -1.98. The van der Waals surface area contributed by atoms with E-state index in [0.29, 0.717) is 21.8 Å². The van der Waals surface area contributed by atoms with Crippen LogP contribution in [0, 0.1) is 5.82 Å². The Balaban J connectivity index is 2.12. The predicted molar refractivity (Wildman–Crippen MR) is 72.2 cm³/mol. The van der Waals surface area contributed by atoms with Gasteiger partial charge in [0, 0.05) is 5.56 Å². The summed E-state index contributed by atoms with van der Waals surface area (Å²) in [4.78, 5) is 26.9. The quantitative estimate of drug-likeness (QED) is 0.592. The number of nitrogens with zero attached hydrogens (tertiary/aromatic N) is 3. The highest BCUT2D eigenvalue weighted by Gasteiger charge is 2.16. The number of rotatable bonds is 3. The molecule has 2 heterocycles. The molecule has 20 heavy (non-hydrogen) atoms. The number of aromatic amines is 1. The van der Waals surface area contributed by atoms with Crippen molar-refractivity contribution in [1.29, 1.82) is 0 Å². The van der Waals surface area contributed by atoms with Gasteiger partial charge in [0.2, 0.25) is 0 Å². The molecule has 3 aromatic rings. The molecule has 0 spiro atoms. The lowest BCUT2D eigenvalue weighted by molar-refractivity contribution is 0.101. The summed E-state index contributed by atoms with van der Waals surface area (Å²) in [6.45, 7) is 1.41. The third-order valence-electron chi connectivity index (χ3n) is 2.73. The SMILES string of the molecule is CC(=O)c1cccc(F)c1Sc1ncnc2nc[nH]c12. The summed E-state index contributed by atoms with van der Waals surface area (Å²) in [5.41, 5.74) is 1.46. The van der Waals surface area contributed by atoms with Gasteiger partial charge >= 0.3 is 0 Å². The molecule has 0 radical (unpaired) electrons. The topological polar surface area (TPSA) is 71.5 Å². The van der Waals surface area contributed by atoms with Crippen LogP contribution in [-0.2, 0) is 0 Å². The lowest BCUT2D eigenvalue weighted by atomic mass is 10.1. The van der Waals surface area contributed by atoms with E-state index in [1.54, 1.807) is 6.07 Å². The predicted octanol–water partition coefficient (Wildman–Crippen LogP) is 2.85. The zero-order chi connectivity index (χ0) is 14.1. The first-order chi connectivity index (χ1) is 9.66. The lowest BCUT2D eigenvalue weighted by Gasteiger charge is -2.07. The molecule has 0 bridgehead atoms. The highest BCUT2D eigenvalue weighted by Crippen LogP contribution is 2.34. The minimum absolute atomic E-state index is 0.193. The Kier molecular flexibility index (Phi) is 3.19. The smallest absolute Gasteiger partial charge is 0.181 e. The van der Waals surface area contributed by atoms with Crippen molar-refractivity contribution in [1.82, 2.24) is 19.9 Å². The molecular formula is C13H9FN4OS. The molecule has 0 aliphatic heterocycles. The zero-order valence-electron chi connectivity index (χ0n) is 10.4. The van der Waals surface area contributed by atoms with Crippen molar-refractivity contribution in [2.75, 3.05) is 0 Å². The average molecular weight is 288 g/mol. The Bertz CT molecular complexity index is 802. The second-order valence-corrected chi connectivity index (χ2v) is 5.05. The molecule has 0 saturated carbocycles. The largest absolute Gasteiger partial charge is 0.341 e. The summed E-state index contributed by atoms with van der Waals surface area (Å²) in [5.74, 6) is -0.643. The molecule has 0 fully saturated rings. The summed E-state index contributed by atoms with van der Waals surface area (Å²) >= 11 is 1.09. The Morgan fingerprint density at radius 3 is 2.95 bits per heavy atom. The van der Waals surface area contributed by atoms with Crippen LogP contribution in [0.15, 0.2) is 40.8 Å². The van der Waals surface area contributed by atoms with Gasteiger partial charge in [-0.1, -0.05) is 23.9 Å². The van der Waals surface area contributed by atoms with Crippen LogP contribution in [0.4, 0.5) is 4.39 Å². The summed E-state index contributed by atoms with van der Waals surface area (Å²) in [7, 11) is 0. The number of H-pyrrole nitrogens is 1. The van der Waals surface area contributed by atoms with Crippen molar-refractivity contribution in [2.45, 2.75) is 16.8 Å². The zero-order valence-corrected chi connectivity index (χ0v) is 11.2. The molecule has 0 saturated heterocycles. The van der Waals surface area contributed by atoms with Gasteiger partial charge in [-0.2, -0.15) is 0 Å². The monoisotopic (exact) mass is 288 g/mol. The number of hydrogen-bond acceptors (Lipinski definition) is 5. The van der Waals surface area contributed by atoms with Crippen LogP contribution in [0.5, 0.6) is 0 Å². The van der Waals surface area contributed by atoms with Crippen LogP contribution < -0.4 is 0 Å². The third-order valence-corrected chi connectivity index (χ3v) is 3.86. The number of Topliss-reactive ketones (excluding diaryl/α,β-unsaturated/α-hetero) is 1. The molecule has 0 atom stereocenters. The van der Waals surface area contributed by atoms with Gasteiger partial charge in [0.25, 0.3) is 0 Å². The van der Waals surface area contributed by atoms with Gasteiger partial charge < -0.3 is 4.98 Å². The second kappa shape index (κ2) is 5.01. The normalized spacial score (nSPS) is 10.9. The standard InChI is InChI=1S/C13H9FN4OS/c1-7(19)8-3-2-4-9(14)11(8)20-13-10-12(16-5-15-10)17-6-18-13/h2-6H,1H3,(H,15,16,17,18). The number of carbonyl (C=O) groups is 1. The van der Waals surface area contributed by atoms with E-state index in [9.17, 15) is 9.18 Å². The number of ketones is 1. The van der Waals surface area contributed by atoms with Crippen LogP contribution in [0.3, 0.4) is 0 Å². The maximum absolute atomic E-state index is 14.0. The van der Waals surface area contributed by atoms with Gasteiger partial charge in [0.05, 0.1) is 11.2 Å². The number of carbonyl (C=O) groups excluding carboxylic acids is 1. The first-order valence-corrected chi connectivity index (χ1v) is 6.60. The number of halogens is 1. The van der Waals surface area contributed by atoms with Gasteiger partial charge in [-0.3, -0.25) is 4.79 Å². The Labute approximate surface area is 117 Å². The van der Waals surface area contributed by atoms with Gasteiger partial charge in [-0.15, -0.1) is 0 Å². The fourth-order valence-electron chi connectivity index (χ4n) is 1.81. The van der Waals surface area contributed by atoms with Gasteiger partial charge in [0.1, 0.15) is 22.7 Å². The molecule has 3 rings (SSSR count). The Morgan fingerprint density at radius 1 is 1.30 bits per heavy atom. The number of hydrogen-bond donors (Lipinski definition) is 1. The summed E-state index contributed by atoms with van der Waals surface area (Å²) in [5, 5.41) is 0.528. The third kappa shape index (κ3) is 2.16. The van der Waals surface area contributed by atoms with Crippen LogP contribution in [-0.4, -0.2) is 25.7 Å². The van der Waals surface area contributed by atoms with E-state index in [0.717, 1.165) is 11.8 Å². The van der Waals surface area contributed by atoms with E-state index < -0.39 is 5.82 Å². The number of nitrogens with one attached hydrogen (secondary N) is 1. The van der Waals surface area contributed by atoms with Crippen molar-refractivity contribution < 1.29 is 9.18 Å². The molecule has 2 aromatic heterocycles. The molecule has 0 amide bonds. The van der Waals surface area contributed by atoms with Crippen LogP contribution in [0.25, 0.3) is 11.2 Å². The van der Waals surface area contributed by atoms with Crippen LogP contribution in [0.2, 0.25) is 0 Å². The van der Waals surface area contributed by atoms with Crippen LogP contribution in [0.1, 0.15) is 17.3 Å². The number of aromatic nitrogens is 4. The molecule has 7 heteroatoms. The first-order valence-electron chi connectivity index (χ1n) is 5.78. The highest BCUT2D eigenvalue weighted by molar-refractivity contribution is 7.99. The summed E-state index contributed by atoms with van der Waals surface area (Å²) in [6.07, 6.45) is 2.86. The van der Waals surface area contributed by atoms with Gasteiger partial charge in [-0.05, 0) is 13.0 Å². The van der Waals surface area contributed by atoms with Crippen molar-refractivity contribution in [3.63, 3.8) is 0 Å². The van der Waals surface area contributed by atoms with Crippen LogP contribution >= 0.6 is 11.8 Å². The Morgan fingerprint density at radius 2 is 2.15 bits per heavy atom. The number of benzene rings is 1. The number of fused-ring (bicyclic) bond motifs is 1. The molecule has 0 aliphatic rings. The van der Waals surface area contributed by atoms with E-state index in [-0.39, 0.29) is 10.7 Å². The molecule has 0 aliphatic carbocycles. The molecule has 1 aromatic carbocycles. The maximum Gasteiger partial charge on any atom is 0.181 e. The number of imidazole rings is 1. The Hall–Kier alpha value is -2.28. The molecule has 0 unspecified atom stereocenters.